The third-order valence-corrected chi connectivity index (χ3v) is 4.14. The van der Waals surface area contributed by atoms with Gasteiger partial charge in [-0.05, 0) is 24.3 Å². The molecular weight excluding hydrogens is 334 g/mol. The Morgan fingerprint density at radius 2 is 2.17 bits per heavy atom. The van der Waals surface area contributed by atoms with Crippen molar-refractivity contribution in [3.63, 3.8) is 0 Å². The number of nitrogen functional groups attached to an aromatic ring is 1. The normalized spacial score (nSPS) is 10.3. The lowest BCUT2D eigenvalue weighted by atomic mass is 10.2. The first-order valence-corrected chi connectivity index (χ1v) is 6.99. The van der Waals surface area contributed by atoms with E-state index in [0.717, 1.165) is 9.37 Å². The molecule has 0 spiro atoms. The van der Waals surface area contributed by atoms with Crippen LogP contribution in [0.3, 0.4) is 0 Å². The fourth-order valence-electron chi connectivity index (χ4n) is 1.35. The number of hydrogen-bond acceptors (Lipinski definition) is 3. The maximum atomic E-state index is 7.44. The minimum Gasteiger partial charge on any atom is -0.384 e. The van der Waals surface area contributed by atoms with Gasteiger partial charge in [0.25, 0.3) is 0 Å². The van der Waals surface area contributed by atoms with E-state index in [-0.39, 0.29) is 5.84 Å². The van der Waals surface area contributed by atoms with Gasteiger partial charge in [-0.25, -0.2) is 4.98 Å². The number of amidine groups is 1. The molecule has 0 fully saturated rings. The maximum Gasteiger partial charge on any atom is 0.124 e. The van der Waals surface area contributed by atoms with E-state index in [1.165, 1.54) is 11.8 Å². The van der Waals surface area contributed by atoms with E-state index in [2.05, 4.69) is 20.9 Å². The SMILES string of the molecule is N=C(N)c1ccnc(Sc2cccc(Br)c2)c1Cl. The Hall–Kier alpha value is -1.04. The highest BCUT2D eigenvalue weighted by molar-refractivity contribution is 9.10. The highest BCUT2D eigenvalue weighted by Crippen LogP contribution is 2.34. The van der Waals surface area contributed by atoms with Crippen LogP contribution in [0.25, 0.3) is 0 Å². The number of hydrogen-bond donors (Lipinski definition) is 2. The highest BCUT2D eigenvalue weighted by Gasteiger charge is 2.11. The molecule has 2 aromatic rings. The van der Waals surface area contributed by atoms with Gasteiger partial charge in [0.2, 0.25) is 0 Å². The van der Waals surface area contributed by atoms with E-state index in [0.29, 0.717) is 15.6 Å². The molecule has 92 valence electrons. The summed E-state index contributed by atoms with van der Waals surface area (Å²) in [6, 6.07) is 9.47. The van der Waals surface area contributed by atoms with Crippen LogP contribution in [0.2, 0.25) is 5.02 Å². The molecule has 6 heteroatoms. The number of halogens is 2. The highest BCUT2D eigenvalue weighted by atomic mass is 79.9. The van der Waals surface area contributed by atoms with Crippen molar-refractivity contribution in [2.45, 2.75) is 9.92 Å². The molecule has 0 aliphatic carbocycles. The van der Waals surface area contributed by atoms with Gasteiger partial charge in [-0.1, -0.05) is 45.4 Å². The van der Waals surface area contributed by atoms with Crippen LogP contribution in [-0.2, 0) is 0 Å². The van der Waals surface area contributed by atoms with Crippen molar-refractivity contribution in [3.05, 3.63) is 51.6 Å². The second-order valence-corrected chi connectivity index (χ2v) is 5.81. The summed E-state index contributed by atoms with van der Waals surface area (Å²) in [5, 5.41) is 8.49. The number of nitrogens with zero attached hydrogens (tertiary/aromatic N) is 1. The molecule has 0 saturated carbocycles. The van der Waals surface area contributed by atoms with Crippen molar-refractivity contribution in [1.82, 2.24) is 4.98 Å². The molecule has 1 aromatic heterocycles. The van der Waals surface area contributed by atoms with Gasteiger partial charge in [0, 0.05) is 21.1 Å². The molecule has 0 aliphatic rings. The molecule has 0 aliphatic heterocycles. The van der Waals surface area contributed by atoms with Crippen molar-refractivity contribution in [2.75, 3.05) is 0 Å². The van der Waals surface area contributed by atoms with Gasteiger partial charge in [-0.2, -0.15) is 0 Å². The predicted molar refractivity (Wildman–Crippen MR) is 78.5 cm³/mol. The molecule has 0 atom stereocenters. The fourth-order valence-corrected chi connectivity index (χ4v) is 3.09. The van der Waals surface area contributed by atoms with Gasteiger partial charge in [0.15, 0.2) is 0 Å². The Bertz CT molecular complexity index is 604. The summed E-state index contributed by atoms with van der Waals surface area (Å²) in [7, 11) is 0. The predicted octanol–water partition coefficient (Wildman–Crippen LogP) is 3.93. The van der Waals surface area contributed by atoms with Gasteiger partial charge >= 0.3 is 0 Å². The van der Waals surface area contributed by atoms with E-state index in [9.17, 15) is 0 Å². The number of benzene rings is 1. The number of aromatic nitrogens is 1. The van der Waals surface area contributed by atoms with Gasteiger partial charge in [0.1, 0.15) is 10.9 Å². The maximum absolute atomic E-state index is 7.44. The Balaban J connectivity index is 2.35. The third kappa shape index (κ3) is 3.04. The topological polar surface area (TPSA) is 62.8 Å². The van der Waals surface area contributed by atoms with Gasteiger partial charge < -0.3 is 5.73 Å². The lowest BCUT2D eigenvalue weighted by molar-refractivity contribution is 1.12. The van der Waals surface area contributed by atoms with E-state index in [4.69, 9.17) is 22.7 Å². The summed E-state index contributed by atoms with van der Waals surface area (Å²) in [4.78, 5) is 5.22. The zero-order valence-corrected chi connectivity index (χ0v) is 12.3. The van der Waals surface area contributed by atoms with Crippen molar-refractivity contribution in [2.24, 2.45) is 5.73 Å². The van der Waals surface area contributed by atoms with Gasteiger partial charge in [0.05, 0.1) is 5.02 Å². The van der Waals surface area contributed by atoms with Crippen molar-refractivity contribution < 1.29 is 0 Å². The monoisotopic (exact) mass is 341 g/mol. The smallest absolute Gasteiger partial charge is 0.124 e. The molecule has 1 aromatic carbocycles. The first-order chi connectivity index (χ1) is 8.58. The molecule has 3 nitrogen and oxygen atoms in total. The van der Waals surface area contributed by atoms with Gasteiger partial charge in [-0.15, -0.1) is 0 Å². The summed E-state index contributed by atoms with van der Waals surface area (Å²) < 4.78 is 0.992. The molecule has 1 heterocycles. The van der Waals surface area contributed by atoms with Crippen LogP contribution in [-0.4, -0.2) is 10.8 Å². The molecule has 0 bridgehead atoms. The summed E-state index contributed by atoms with van der Waals surface area (Å²) in [6.07, 6.45) is 1.60. The standard InChI is InChI=1S/C12H9BrClN3S/c13-7-2-1-3-8(6-7)18-12-10(14)9(11(15)16)4-5-17-12/h1-6H,(H3,15,16). The van der Waals surface area contributed by atoms with Crippen LogP contribution >= 0.6 is 39.3 Å². The Labute approximate surface area is 122 Å². The molecule has 0 amide bonds. The summed E-state index contributed by atoms with van der Waals surface area (Å²) in [6.45, 7) is 0. The molecule has 0 radical (unpaired) electrons. The molecule has 18 heavy (non-hydrogen) atoms. The molecular formula is C12H9BrClN3S. The van der Waals surface area contributed by atoms with E-state index >= 15 is 0 Å². The minimum absolute atomic E-state index is 0.0570. The van der Waals surface area contributed by atoms with E-state index in [1.807, 2.05) is 24.3 Å². The lowest BCUT2D eigenvalue weighted by Crippen LogP contribution is -2.12. The Kier molecular flexibility index (Phi) is 4.27. The minimum atomic E-state index is -0.0570. The Morgan fingerprint density at radius 3 is 2.83 bits per heavy atom. The van der Waals surface area contributed by atoms with Crippen molar-refractivity contribution >= 4 is 45.1 Å². The first kappa shape index (κ1) is 13.4. The van der Waals surface area contributed by atoms with Crippen LogP contribution in [0.15, 0.2) is 50.9 Å². The molecule has 3 N–H and O–H groups in total. The second-order valence-electron chi connectivity index (χ2n) is 3.45. The number of nitrogens with two attached hydrogens (primary N) is 1. The van der Waals surface area contributed by atoms with Crippen LogP contribution in [0.5, 0.6) is 0 Å². The van der Waals surface area contributed by atoms with Crippen molar-refractivity contribution in [3.8, 4) is 0 Å². The van der Waals surface area contributed by atoms with E-state index in [1.54, 1.807) is 12.3 Å². The summed E-state index contributed by atoms with van der Waals surface area (Å²) >= 11 is 11.0. The number of nitrogens with one attached hydrogen (secondary N) is 1. The van der Waals surface area contributed by atoms with Crippen LogP contribution in [0.1, 0.15) is 5.56 Å². The van der Waals surface area contributed by atoms with Crippen LogP contribution in [0.4, 0.5) is 0 Å². The quantitative estimate of drug-likeness (QED) is 0.656. The molecule has 2 rings (SSSR count). The molecule has 0 unspecified atom stereocenters. The first-order valence-electron chi connectivity index (χ1n) is 5.00. The Morgan fingerprint density at radius 1 is 1.39 bits per heavy atom. The van der Waals surface area contributed by atoms with E-state index < -0.39 is 0 Å². The number of rotatable bonds is 3. The average Bonchev–Trinajstić information content (AvgIpc) is 2.31. The second kappa shape index (κ2) is 5.73. The van der Waals surface area contributed by atoms with Crippen LogP contribution < -0.4 is 5.73 Å². The zero-order chi connectivity index (χ0) is 13.1. The third-order valence-electron chi connectivity index (χ3n) is 2.16. The lowest BCUT2D eigenvalue weighted by Gasteiger charge is -2.07. The summed E-state index contributed by atoms with van der Waals surface area (Å²) in [5.74, 6) is -0.0570. The zero-order valence-electron chi connectivity index (χ0n) is 9.15. The van der Waals surface area contributed by atoms with Gasteiger partial charge in [-0.3, -0.25) is 5.41 Å². The van der Waals surface area contributed by atoms with Crippen molar-refractivity contribution in [1.29, 1.82) is 5.41 Å². The fraction of sp³-hybridized carbons (Fsp3) is 0. The van der Waals surface area contributed by atoms with Crippen LogP contribution in [0, 0.1) is 5.41 Å². The average molecular weight is 343 g/mol. The summed E-state index contributed by atoms with van der Waals surface area (Å²) in [5.41, 5.74) is 5.96. The largest absolute Gasteiger partial charge is 0.384 e. The number of pyridine rings is 1. The molecule has 0 saturated heterocycles.